The third kappa shape index (κ3) is 6.46. The number of hydrogen-bond acceptors (Lipinski definition) is 6. The number of nitrogens with one attached hydrogen (secondary N) is 2. The molecule has 1 aromatic carbocycles. The Kier molecular flexibility index (Phi) is 7.73. The van der Waals surface area contributed by atoms with Gasteiger partial charge >= 0.3 is 6.18 Å². The van der Waals surface area contributed by atoms with Crippen LogP contribution >= 0.6 is 0 Å². The minimum absolute atomic E-state index is 0.1000. The molecule has 2 heterocycles. The molecule has 1 amide bonds. The molecule has 0 saturated carbocycles. The Labute approximate surface area is 182 Å². The Morgan fingerprint density at radius 1 is 1.25 bits per heavy atom. The number of ether oxygens (including phenoxy) is 2. The Hall–Kier alpha value is -3.08. The van der Waals surface area contributed by atoms with Crippen molar-refractivity contribution in [3.63, 3.8) is 0 Å². The number of hydrogen-bond donors (Lipinski definition) is 2. The van der Waals surface area contributed by atoms with Gasteiger partial charge in [0.25, 0.3) is 5.56 Å². The molecule has 32 heavy (non-hydrogen) atoms. The van der Waals surface area contributed by atoms with Gasteiger partial charge in [0.05, 0.1) is 25.3 Å². The molecule has 0 radical (unpaired) electrons. The van der Waals surface area contributed by atoms with Gasteiger partial charge in [0, 0.05) is 30.8 Å². The van der Waals surface area contributed by atoms with Gasteiger partial charge in [-0.15, -0.1) is 0 Å². The van der Waals surface area contributed by atoms with Crippen LogP contribution < -0.4 is 20.5 Å². The highest BCUT2D eigenvalue weighted by atomic mass is 19.4. The molecule has 1 saturated heterocycles. The minimum Gasteiger partial charge on any atom is -0.492 e. The lowest BCUT2D eigenvalue weighted by molar-refractivity contribution is -0.137. The first-order chi connectivity index (χ1) is 15.2. The van der Waals surface area contributed by atoms with E-state index >= 15 is 0 Å². The molecule has 2 aromatic rings. The molecule has 0 spiro atoms. The summed E-state index contributed by atoms with van der Waals surface area (Å²) in [6, 6.07) is 4.33. The van der Waals surface area contributed by atoms with Crippen molar-refractivity contribution in [2.75, 3.05) is 44.4 Å². The summed E-state index contributed by atoms with van der Waals surface area (Å²) in [7, 11) is 0. The summed E-state index contributed by atoms with van der Waals surface area (Å²) in [4.78, 5) is 33.7. The average molecular weight is 454 g/mol. The number of amides is 1. The van der Waals surface area contributed by atoms with Gasteiger partial charge < -0.3 is 19.7 Å². The van der Waals surface area contributed by atoms with Crippen LogP contribution in [0.3, 0.4) is 0 Å². The minimum atomic E-state index is -4.40. The normalized spacial score (nSPS) is 14.3. The Bertz CT molecular complexity index is 970. The third-order valence-electron chi connectivity index (χ3n) is 5.00. The van der Waals surface area contributed by atoms with Crippen molar-refractivity contribution < 1.29 is 27.4 Å². The first-order valence-electron chi connectivity index (χ1n) is 10.2. The average Bonchev–Trinajstić information content (AvgIpc) is 2.76. The number of aromatic amines is 1. The number of morpholine rings is 1. The summed E-state index contributed by atoms with van der Waals surface area (Å²) in [5.74, 6) is 0.516. The number of halogens is 3. The molecular formula is C21H25F3N4O4. The second kappa shape index (κ2) is 10.5. The van der Waals surface area contributed by atoms with E-state index in [1.165, 1.54) is 12.1 Å². The van der Waals surface area contributed by atoms with Gasteiger partial charge in [-0.3, -0.25) is 14.6 Å². The monoisotopic (exact) mass is 454 g/mol. The molecule has 0 unspecified atom stereocenters. The van der Waals surface area contributed by atoms with E-state index in [0.29, 0.717) is 43.5 Å². The van der Waals surface area contributed by atoms with Gasteiger partial charge in [-0.25, -0.2) is 4.98 Å². The molecule has 11 heteroatoms. The molecule has 1 aliphatic rings. The van der Waals surface area contributed by atoms with Crippen molar-refractivity contribution in [2.45, 2.75) is 25.9 Å². The van der Waals surface area contributed by atoms with Crippen LogP contribution in [0.4, 0.5) is 19.1 Å². The number of anilines is 1. The molecule has 0 aliphatic carbocycles. The molecule has 8 nitrogen and oxygen atoms in total. The summed E-state index contributed by atoms with van der Waals surface area (Å²) >= 11 is 0. The molecule has 3 rings (SSSR count). The van der Waals surface area contributed by atoms with E-state index in [-0.39, 0.29) is 43.2 Å². The highest BCUT2D eigenvalue weighted by molar-refractivity contribution is 5.76. The van der Waals surface area contributed by atoms with Crippen molar-refractivity contribution in [1.82, 2.24) is 15.3 Å². The van der Waals surface area contributed by atoms with Gasteiger partial charge in [0.2, 0.25) is 11.9 Å². The summed E-state index contributed by atoms with van der Waals surface area (Å²) in [5, 5.41) is 2.66. The van der Waals surface area contributed by atoms with Crippen LogP contribution in [0.5, 0.6) is 5.75 Å². The second-order valence-electron chi connectivity index (χ2n) is 7.27. The second-order valence-corrected chi connectivity index (χ2v) is 7.27. The molecule has 0 atom stereocenters. The lowest BCUT2D eigenvalue weighted by atomic mass is 10.1. The standard InChI is InChI=1S/C21H25F3N4O4/c1-14-17(19(30)27-20(26-14)28-9-12-31-13-10-28)6-7-18(29)25-8-11-32-16-4-2-15(3-5-16)21(22,23)24/h2-5H,6-13H2,1H3,(H,25,29)(H,26,27,30). The van der Waals surface area contributed by atoms with E-state index < -0.39 is 11.7 Å². The van der Waals surface area contributed by atoms with Gasteiger partial charge in [0.1, 0.15) is 12.4 Å². The molecule has 2 N–H and O–H groups in total. The molecular weight excluding hydrogens is 429 g/mol. The summed E-state index contributed by atoms with van der Waals surface area (Å²) < 4.78 is 48.3. The number of aryl methyl sites for hydroxylation is 1. The lowest BCUT2D eigenvalue weighted by Crippen LogP contribution is -2.38. The summed E-state index contributed by atoms with van der Waals surface area (Å²) in [6.45, 7) is 4.48. The van der Waals surface area contributed by atoms with E-state index in [2.05, 4.69) is 15.3 Å². The largest absolute Gasteiger partial charge is 0.492 e. The van der Waals surface area contributed by atoms with Crippen LogP contribution in [-0.2, 0) is 22.1 Å². The summed E-state index contributed by atoms with van der Waals surface area (Å²) in [6.07, 6.45) is -4.06. The number of alkyl halides is 3. The van der Waals surface area contributed by atoms with Crippen LogP contribution in [0.25, 0.3) is 0 Å². The van der Waals surface area contributed by atoms with Crippen LogP contribution in [0.2, 0.25) is 0 Å². The zero-order valence-corrected chi connectivity index (χ0v) is 17.6. The third-order valence-corrected chi connectivity index (χ3v) is 5.00. The maximum atomic E-state index is 12.5. The van der Waals surface area contributed by atoms with Gasteiger partial charge in [-0.1, -0.05) is 0 Å². The summed E-state index contributed by atoms with van der Waals surface area (Å²) in [5.41, 5.74) is 0.0140. The first-order valence-corrected chi connectivity index (χ1v) is 10.2. The quantitative estimate of drug-likeness (QED) is 0.593. The number of carbonyl (C=O) groups excluding carboxylic acids is 1. The van der Waals surface area contributed by atoms with Gasteiger partial charge in [-0.05, 0) is 37.6 Å². The number of rotatable bonds is 8. The van der Waals surface area contributed by atoms with Crippen LogP contribution in [0.15, 0.2) is 29.1 Å². The number of H-pyrrole nitrogens is 1. The molecule has 174 valence electrons. The maximum absolute atomic E-state index is 12.5. The van der Waals surface area contributed by atoms with Gasteiger partial charge in [-0.2, -0.15) is 13.2 Å². The number of aromatic nitrogens is 2. The molecule has 1 aliphatic heterocycles. The van der Waals surface area contributed by atoms with Crippen LogP contribution in [-0.4, -0.2) is 55.3 Å². The SMILES string of the molecule is Cc1nc(N2CCOCC2)[nH]c(=O)c1CCC(=O)NCCOc1ccc(C(F)(F)F)cc1. The highest BCUT2D eigenvalue weighted by Gasteiger charge is 2.30. The maximum Gasteiger partial charge on any atom is 0.416 e. The molecule has 0 bridgehead atoms. The number of benzene rings is 1. The molecule has 1 aromatic heterocycles. The predicted octanol–water partition coefficient (Wildman–Crippen LogP) is 2.06. The van der Waals surface area contributed by atoms with Crippen LogP contribution in [0, 0.1) is 6.92 Å². The van der Waals surface area contributed by atoms with E-state index in [1.54, 1.807) is 6.92 Å². The number of carbonyl (C=O) groups is 1. The van der Waals surface area contributed by atoms with Crippen molar-refractivity contribution in [3.05, 3.63) is 51.4 Å². The van der Waals surface area contributed by atoms with E-state index in [9.17, 15) is 22.8 Å². The van der Waals surface area contributed by atoms with Crippen molar-refractivity contribution in [1.29, 1.82) is 0 Å². The Balaban J connectivity index is 1.42. The number of nitrogens with zero attached hydrogens (tertiary/aromatic N) is 2. The van der Waals surface area contributed by atoms with Crippen LogP contribution in [0.1, 0.15) is 23.2 Å². The zero-order chi connectivity index (χ0) is 23.1. The fraction of sp³-hybridized carbons (Fsp3) is 0.476. The van der Waals surface area contributed by atoms with Crippen molar-refractivity contribution in [3.8, 4) is 5.75 Å². The fourth-order valence-corrected chi connectivity index (χ4v) is 3.24. The van der Waals surface area contributed by atoms with Crippen molar-refractivity contribution >= 4 is 11.9 Å². The molecule has 1 fully saturated rings. The predicted molar refractivity (Wildman–Crippen MR) is 111 cm³/mol. The Morgan fingerprint density at radius 2 is 1.94 bits per heavy atom. The zero-order valence-electron chi connectivity index (χ0n) is 17.6. The fourth-order valence-electron chi connectivity index (χ4n) is 3.24. The lowest BCUT2D eigenvalue weighted by Gasteiger charge is -2.27. The topological polar surface area (TPSA) is 96.6 Å². The van der Waals surface area contributed by atoms with E-state index in [1.807, 2.05) is 4.90 Å². The first kappa shape index (κ1) is 23.6. The smallest absolute Gasteiger partial charge is 0.416 e. The Morgan fingerprint density at radius 3 is 2.56 bits per heavy atom. The highest BCUT2D eigenvalue weighted by Crippen LogP contribution is 2.30. The van der Waals surface area contributed by atoms with E-state index in [0.717, 1.165) is 12.1 Å². The van der Waals surface area contributed by atoms with E-state index in [4.69, 9.17) is 9.47 Å². The van der Waals surface area contributed by atoms with Crippen molar-refractivity contribution in [2.24, 2.45) is 0 Å². The van der Waals surface area contributed by atoms with Gasteiger partial charge in [0.15, 0.2) is 0 Å².